The number of aliphatic hydroxyl groups is 1. The molecule has 0 fully saturated rings. The van der Waals surface area contributed by atoms with Crippen molar-refractivity contribution in [2.24, 2.45) is 0 Å². The second kappa shape index (κ2) is 19.7. The van der Waals surface area contributed by atoms with Gasteiger partial charge in [0.15, 0.2) is 0 Å². The van der Waals surface area contributed by atoms with Crippen LogP contribution in [0.15, 0.2) is 0 Å². The lowest BCUT2D eigenvalue weighted by molar-refractivity contribution is -0.753. The Kier molecular flexibility index (Phi) is 19.5. The van der Waals surface area contributed by atoms with E-state index in [1.165, 1.54) is 51.4 Å². The zero-order valence-corrected chi connectivity index (χ0v) is 12.8. The predicted octanol–water partition coefficient (Wildman–Crippen LogP) is 3.88. The lowest BCUT2D eigenvalue weighted by Crippen LogP contribution is -1.99. The largest absolute Gasteiger partial charge is 0.396 e. The SMILES string of the molecule is OCCCCCCCCCCCCCCOOOOOO. The topological polar surface area (TPSA) is 86.6 Å². The molecule has 0 aromatic carbocycles. The molecular weight excluding hydrogens is 280 g/mol. The molecule has 7 heteroatoms. The summed E-state index contributed by atoms with van der Waals surface area (Å²) in [5.41, 5.74) is 0. The van der Waals surface area contributed by atoms with E-state index in [-0.39, 0.29) is 0 Å². The maximum absolute atomic E-state index is 8.65. The number of hydrogen-bond acceptors (Lipinski definition) is 7. The van der Waals surface area contributed by atoms with Gasteiger partial charge in [-0.25, -0.2) is 10.1 Å². The Labute approximate surface area is 126 Å². The molecule has 0 amide bonds. The van der Waals surface area contributed by atoms with Gasteiger partial charge < -0.3 is 5.11 Å². The molecule has 0 unspecified atom stereocenters. The van der Waals surface area contributed by atoms with Crippen LogP contribution in [0.25, 0.3) is 0 Å². The first-order valence-electron chi connectivity index (χ1n) is 7.95. The van der Waals surface area contributed by atoms with Crippen molar-refractivity contribution in [3.8, 4) is 0 Å². The first-order chi connectivity index (χ1) is 10.4. The van der Waals surface area contributed by atoms with Gasteiger partial charge in [0, 0.05) is 6.61 Å². The number of rotatable bonds is 18. The highest BCUT2D eigenvalue weighted by Gasteiger charge is 1.95. The van der Waals surface area contributed by atoms with Crippen LogP contribution in [-0.4, -0.2) is 23.6 Å². The molecule has 0 aliphatic rings. The van der Waals surface area contributed by atoms with E-state index in [9.17, 15) is 0 Å². The van der Waals surface area contributed by atoms with Crippen LogP contribution >= 0.6 is 0 Å². The van der Waals surface area contributed by atoms with E-state index in [2.05, 4.69) is 25.0 Å². The van der Waals surface area contributed by atoms with E-state index in [4.69, 9.17) is 10.4 Å². The van der Waals surface area contributed by atoms with Gasteiger partial charge in [0.25, 0.3) is 0 Å². The zero-order valence-electron chi connectivity index (χ0n) is 12.8. The van der Waals surface area contributed by atoms with Gasteiger partial charge in [-0.2, -0.15) is 0 Å². The molecule has 0 saturated heterocycles. The highest BCUT2D eigenvalue weighted by atomic mass is 17.8. The summed E-state index contributed by atoms with van der Waals surface area (Å²) in [6, 6.07) is 0. The van der Waals surface area contributed by atoms with Crippen LogP contribution in [0.1, 0.15) is 77.0 Å². The third kappa shape index (κ3) is 19.7. The third-order valence-corrected chi connectivity index (χ3v) is 3.27. The zero-order chi connectivity index (χ0) is 15.4. The van der Waals surface area contributed by atoms with E-state index in [1.807, 2.05) is 0 Å². The molecule has 0 heterocycles. The van der Waals surface area contributed by atoms with Gasteiger partial charge >= 0.3 is 0 Å². The maximum Gasteiger partial charge on any atom is 0.0855 e. The van der Waals surface area contributed by atoms with E-state index in [0.29, 0.717) is 13.2 Å². The van der Waals surface area contributed by atoms with Gasteiger partial charge in [-0.3, -0.25) is 0 Å². The Morgan fingerprint density at radius 1 is 0.524 bits per heavy atom. The van der Waals surface area contributed by atoms with Crippen molar-refractivity contribution in [1.82, 2.24) is 0 Å². The first-order valence-corrected chi connectivity index (χ1v) is 7.95. The van der Waals surface area contributed by atoms with Gasteiger partial charge in [-0.15, -0.1) is 0 Å². The second-order valence-corrected chi connectivity index (χ2v) is 5.07. The summed E-state index contributed by atoms with van der Waals surface area (Å²) in [4.78, 5) is 4.58. The van der Waals surface area contributed by atoms with Gasteiger partial charge in [0.1, 0.15) is 0 Å². The predicted molar refractivity (Wildman–Crippen MR) is 75.4 cm³/mol. The minimum Gasteiger partial charge on any atom is -0.396 e. The van der Waals surface area contributed by atoms with Crippen molar-refractivity contribution in [2.45, 2.75) is 77.0 Å². The van der Waals surface area contributed by atoms with E-state index in [0.717, 1.165) is 25.7 Å². The Morgan fingerprint density at radius 3 is 1.48 bits per heavy atom. The summed E-state index contributed by atoms with van der Waals surface area (Å²) in [5, 5.41) is 30.9. The molecule has 0 aliphatic heterocycles. The van der Waals surface area contributed by atoms with Crippen LogP contribution in [0.3, 0.4) is 0 Å². The van der Waals surface area contributed by atoms with Gasteiger partial charge in [0.2, 0.25) is 0 Å². The molecule has 128 valence electrons. The molecule has 0 aliphatic carbocycles. The molecule has 0 rings (SSSR count). The van der Waals surface area contributed by atoms with Crippen molar-refractivity contribution in [2.75, 3.05) is 13.2 Å². The summed E-state index contributed by atoms with van der Waals surface area (Å²) in [6.07, 6.45) is 14.3. The molecule has 21 heavy (non-hydrogen) atoms. The third-order valence-electron chi connectivity index (χ3n) is 3.27. The minimum atomic E-state index is 0.328. The molecule has 0 saturated carbocycles. The summed E-state index contributed by atoms with van der Waals surface area (Å²) in [6.45, 7) is 0.734. The molecule has 0 atom stereocenters. The Balaban J connectivity index is 2.90. The first kappa shape index (κ1) is 20.7. The summed E-state index contributed by atoms with van der Waals surface area (Å²) >= 11 is 0. The van der Waals surface area contributed by atoms with Gasteiger partial charge in [0.05, 0.1) is 6.61 Å². The molecule has 7 nitrogen and oxygen atoms in total. The van der Waals surface area contributed by atoms with E-state index in [1.54, 1.807) is 0 Å². The van der Waals surface area contributed by atoms with Crippen molar-refractivity contribution < 1.29 is 35.4 Å². The number of aliphatic hydroxyl groups excluding tert-OH is 1. The number of unbranched alkanes of at least 4 members (excludes halogenated alkanes) is 11. The quantitative estimate of drug-likeness (QED) is 0.226. The molecule has 0 radical (unpaired) electrons. The maximum atomic E-state index is 8.65. The Hall–Kier alpha value is -0.280. The summed E-state index contributed by atoms with van der Waals surface area (Å²) in [5.74, 6) is 0. The Morgan fingerprint density at radius 2 is 1.00 bits per heavy atom. The molecule has 0 aromatic rings. The average molecular weight is 310 g/mol. The number of hydrogen-bond donors (Lipinski definition) is 2. The summed E-state index contributed by atoms with van der Waals surface area (Å²) < 4.78 is 0. The monoisotopic (exact) mass is 310 g/mol. The van der Waals surface area contributed by atoms with Gasteiger partial charge in [-0.05, 0) is 33.0 Å². The smallest absolute Gasteiger partial charge is 0.0855 e. The van der Waals surface area contributed by atoms with Crippen molar-refractivity contribution in [3.05, 3.63) is 0 Å². The minimum absolute atomic E-state index is 0.328. The molecule has 0 bridgehead atoms. The van der Waals surface area contributed by atoms with Crippen LogP contribution < -0.4 is 0 Å². The fourth-order valence-corrected chi connectivity index (χ4v) is 2.12. The van der Waals surface area contributed by atoms with Crippen LogP contribution in [0.2, 0.25) is 0 Å². The molecule has 0 spiro atoms. The van der Waals surface area contributed by atoms with Gasteiger partial charge in [-0.1, -0.05) is 64.2 Å². The van der Waals surface area contributed by atoms with Crippen molar-refractivity contribution in [1.29, 1.82) is 0 Å². The lowest BCUT2D eigenvalue weighted by atomic mass is 10.1. The second-order valence-electron chi connectivity index (χ2n) is 5.07. The standard InChI is InChI=1S/C14H30O7/c15-13-11-9-7-5-3-1-2-4-6-8-10-12-14-17-19-21-20-18-16/h15-16H,1-14H2. The average Bonchev–Trinajstić information content (AvgIpc) is 2.50. The fraction of sp³-hybridized carbons (Fsp3) is 1.00. The highest BCUT2D eigenvalue weighted by molar-refractivity contribution is 4.48. The lowest BCUT2D eigenvalue weighted by Gasteiger charge is -2.03. The highest BCUT2D eigenvalue weighted by Crippen LogP contribution is 2.11. The van der Waals surface area contributed by atoms with E-state index < -0.39 is 0 Å². The summed E-state index contributed by atoms with van der Waals surface area (Å²) in [7, 11) is 0. The Bertz CT molecular complexity index is 163. The molecule has 2 N–H and O–H groups in total. The molecule has 0 aromatic heterocycles. The van der Waals surface area contributed by atoms with Crippen molar-refractivity contribution in [3.63, 3.8) is 0 Å². The van der Waals surface area contributed by atoms with Crippen LogP contribution in [-0.2, 0) is 25.0 Å². The van der Waals surface area contributed by atoms with Crippen LogP contribution in [0, 0.1) is 0 Å². The fourth-order valence-electron chi connectivity index (χ4n) is 2.12. The van der Waals surface area contributed by atoms with Crippen LogP contribution in [0.5, 0.6) is 0 Å². The normalized spacial score (nSPS) is 11.1. The van der Waals surface area contributed by atoms with E-state index >= 15 is 0 Å². The molecular formula is C14H30O7. The van der Waals surface area contributed by atoms with Crippen LogP contribution in [0.4, 0.5) is 0 Å². The van der Waals surface area contributed by atoms with Crippen molar-refractivity contribution >= 4 is 0 Å².